The van der Waals surface area contributed by atoms with Gasteiger partial charge in [0.15, 0.2) is 0 Å². The topological polar surface area (TPSA) is 30.5 Å². The van der Waals surface area contributed by atoms with Crippen molar-refractivity contribution in [2.75, 3.05) is 33.5 Å². The third kappa shape index (κ3) is 11.0. The molecule has 0 aliphatic rings. The maximum absolute atomic E-state index is 5.50. The number of rotatable bonds is 10. The van der Waals surface area contributed by atoms with E-state index in [1.165, 1.54) is 6.42 Å². The van der Waals surface area contributed by atoms with E-state index >= 15 is 0 Å². The molecule has 0 radical (unpaired) electrons. The summed E-state index contributed by atoms with van der Waals surface area (Å²) in [5.41, 5.74) is 0.210. The van der Waals surface area contributed by atoms with Crippen LogP contribution in [0.15, 0.2) is 0 Å². The highest BCUT2D eigenvalue weighted by molar-refractivity contribution is 4.74. The van der Waals surface area contributed by atoms with Crippen molar-refractivity contribution in [3.8, 4) is 0 Å². The lowest BCUT2D eigenvalue weighted by Crippen LogP contribution is -2.40. The zero-order chi connectivity index (χ0) is 14.0. The molecule has 0 spiro atoms. The van der Waals surface area contributed by atoms with Crippen molar-refractivity contribution in [3.05, 3.63) is 0 Å². The average molecular weight is 259 g/mol. The van der Waals surface area contributed by atoms with Gasteiger partial charge < -0.3 is 14.8 Å². The van der Waals surface area contributed by atoms with E-state index in [0.29, 0.717) is 13.2 Å². The lowest BCUT2D eigenvalue weighted by molar-refractivity contribution is 0.0661. The Balaban J connectivity index is 3.71. The number of hydrogen-bond acceptors (Lipinski definition) is 3. The largest absolute Gasteiger partial charge is 0.382 e. The molecule has 0 aromatic carbocycles. The van der Waals surface area contributed by atoms with E-state index in [-0.39, 0.29) is 5.54 Å². The smallest absolute Gasteiger partial charge is 0.0700 e. The van der Waals surface area contributed by atoms with Crippen molar-refractivity contribution in [2.45, 2.75) is 53.0 Å². The van der Waals surface area contributed by atoms with Crippen LogP contribution in [0.1, 0.15) is 47.5 Å². The fraction of sp³-hybridized carbons (Fsp3) is 1.00. The fourth-order valence-electron chi connectivity index (χ4n) is 1.80. The van der Waals surface area contributed by atoms with Crippen LogP contribution in [0.2, 0.25) is 0 Å². The van der Waals surface area contributed by atoms with Crippen molar-refractivity contribution in [1.82, 2.24) is 5.32 Å². The van der Waals surface area contributed by atoms with Gasteiger partial charge in [-0.25, -0.2) is 0 Å². The Kier molecular flexibility index (Phi) is 9.70. The molecule has 0 aromatic rings. The van der Waals surface area contributed by atoms with Gasteiger partial charge in [0.2, 0.25) is 0 Å². The van der Waals surface area contributed by atoms with Crippen LogP contribution in [0.25, 0.3) is 0 Å². The Morgan fingerprint density at radius 3 is 2.22 bits per heavy atom. The van der Waals surface area contributed by atoms with Gasteiger partial charge in [0.05, 0.1) is 13.2 Å². The molecule has 3 nitrogen and oxygen atoms in total. The first-order valence-corrected chi connectivity index (χ1v) is 7.18. The summed E-state index contributed by atoms with van der Waals surface area (Å²) in [7, 11) is 1.70. The van der Waals surface area contributed by atoms with Gasteiger partial charge in [-0.05, 0) is 52.0 Å². The second-order valence-electron chi connectivity index (χ2n) is 6.38. The average Bonchev–Trinajstić information content (AvgIpc) is 2.25. The number of hydrogen-bond donors (Lipinski definition) is 1. The number of ether oxygens (including phenoxy) is 2. The lowest BCUT2D eigenvalue weighted by Gasteiger charge is -2.27. The van der Waals surface area contributed by atoms with Crippen molar-refractivity contribution in [3.63, 3.8) is 0 Å². The Morgan fingerprint density at radius 2 is 1.72 bits per heavy atom. The third-order valence-corrected chi connectivity index (χ3v) is 3.13. The predicted molar refractivity (Wildman–Crippen MR) is 78.0 cm³/mol. The van der Waals surface area contributed by atoms with Crippen LogP contribution in [0.3, 0.4) is 0 Å². The fourth-order valence-corrected chi connectivity index (χ4v) is 1.80. The van der Waals surface area contributed by atoms with Crippen molar-refractivity contribution in [1.29, 1.82) is 0 Å². The first kappa shape index (κ1) is 17.9. The highest BCUT2D eigenvalue weighted by atomic mass is 16.5. The van der Waals surface area contributed by atoms with Crippen LogP contribution >= 0.6 is 0 Å². The van der Waals surface area contributed by atoms with Gasteiger partial charge in [-0.3, -0.25) is 0 Å². The molecule has 0 aliphatic heterocycles. The van der Waals surface area contributed by atoms with Crippen LogP contribution in [0, 0.1) is 11.8 Å². The van der Waals surface area contributed by atoms with E-state index in [1.54, 1.807) is 7.11 Å². The molecule has 18 heavy (non-hydrogen) atoms. The zero-order valence-electron chi connectivity index (χ0n) is 13.2. The molecule has 110 valence electrons. The summed E-state index contributed by atoms with van der Waals surface area (Å²) >= 11 is 0. The minimum absolute atomic E-state index is 0.210. The summed E-state index contributed by atoms with van der Waals surface area (Å²) in [6.07, 6.45) is 2.37. The molecule has 1 unspecified atom stereocenters. The molecule has 1 N–H and O–H groups in total. The third-order valence-electron chi connectivity index (χ3n) is 3.13. The van der Waals surface area contributed by atoms with Gasteiger partial charge in [-0.2, -0.15) is 0 Å². The normalized spacial score (nSPS) is 14.2. The van der Waals surface area contributed by atoms with E-state index in [2.05, 4.69) is 39.9 Å². The molecule has 0 saturated carbocycles. The van der Waals surface area contributed by atoms with Gasteiger partial charge in [0.25, 0.3) is 0 Å². The molecular formula is C15H33NO2. The molecule has 0 saturated heterocycles. The van der Waals surface area contributed by atoms with E-state index < -0.39 is 0 Å². The molecule has 0 fully saturated rings. The Hall–Kier alpha value is -0.120. The Labute approximate surface area is 114 Å². The summed E-state index contributed by atoms with van der Waals surface area (Å²) in [4.78, 5) is 0. The Morgan fingerprint density at radius 1 is 1.06 bits per heavy atom. The maximum atomic E-state index is 5.50. The highest BCUT2D eigenvalue weighted by Crippen LogP contribution is 2.17. The van der Waals surface area contributed by atoms with Crippen LogP contribution in [0.4, 0.5) is 0 Å². The van der Waals surface area contributed by atoms with Crippen molar-refractivity contribution >= 4 is 0 Å². The zero-order valence-corrected chi connectivity index (χ0v) is 13.2. The van der Waals surface area contributed by atoms with Crippen molar-refractivity contribution in [2.24, 2.45) is 11.8 Å². The van der Waals surface area contributed by atoms with Crippen molar-refractivity contribution < 1.29 is 9.47 Å². The standard InChI is InChI=1S/C15H33NO2/c1-13(2)14(12-16-15(3,4)5)8-7-9-18-11-10-17-6/h13-14,16H,7-12H2,1-6H3. The van der Waals surface area contributed by atoms with Gasteiger partial charge in [-0.1, -0.05) is 13.8 Å². The summed E-state index contributed by atoms with van der Waals surface area (Å²) in [5.74, 6) is 1.45. The highest BCUT2D eigenvalue weighted by Gasteiger charge is 2.16. The van der Waals surface area contributed by atoms with E-state index in [0.717, 1.165) is 31.4 Å². The number of nitrogens with one attached hydrogen (secondary N) is 1. The lowest BCUT2D eigenvalue weighted by atomic mass is 9.90. The second kappa shape index (κ2) is 9.76. The van der Waals surface area contributed by atoms with Gasteiger partial charge in [-0.15, -0.1) is 0 Å². The molecule has 0 rings (SSSR count). The molecule has 3 heteroatoms. The van der Waals surface area contributed by atoms with E-state index in [1.807, 2.05) is 0 Å². The molecular weight excluding hydrogens is 226 g/mol. The quantitative estimate of drug-likeness (QED) is 0.612. The maximum Gasteiger partial charge on any atom is 0.0700 e. The minimum Gasteiger partial charge on any atom is -0.382 e. The monoisotopic (exact) mass is 259 g/mol. The summed E-state index contributed by atoms with van der Waals surface area (Å²) in [6, 6.07) is 0. The van der Waals surface area contributed by atoms with Crippen LogP contribution < -0.4 is 5.32 Å². The first-order valence-electron chi connectivity index (χ1n) is 7.18. The summed E-state index contributed by atoms with van der Waals surface area (Å²) in [5, 5.41) is 3.60. The van der Waals surface area contributed by atoms with E-state index in [4.69, 9.17) is 9.47 Å². The second-order valence-corrected chi connectivity index (χ2v) is 6.38. The summed E-state index contributed by atoms with van der Waals surface area (Å²) in [6.45, 7) is 14.6. The Bertz CT molecular complexity index is 187. The van der Waals surface area contributed by atoms with Crippen LogP contribution in [-0.4, -0.2) is 39.0 Å². The van der Waals surface area contributed by atoms with Gasteiger partial charge in [0, 0.05) is 19.3 Å². The molecule has 0 heterocycles. The number of methoxy groups -OCH3 is 1. The molecule has 0 aliphatic carbocycles. The molecule has 1 atom stereocenters. The summed E-state index contributed by atoms with van der Waals surface area (Å²) < 4.78 is 10.5. The van der Waals surface area contributed by atoms with Gasteiger partial charge >= 0.3 is 0 Å². The SMILES string of the molecule is COCCOCCCC(CNC(C)(C)C)C(C)C. The molecule has 0 amide bonds. The van der Waals surface area contributed by atoms with E-state index in [9.17, 15) is 0 Å². The molecule has 0 aromatic heterocycles. The minimum atomic E-state index is 0.210. The van der Waals surface area contributed by atoms with Gasteiger partial charge in [0.1, 0.15) is 0 Å². The predicted octanol–water partition coefficient (Wildman–Crippen LogP) is 3.09. The van der Waals surface area contributed by atoms with Crippen LogP contribution in [0.5, 0.6) is 0 Å². The van der Waals surface area contributed by atoms with Crippen LogP contribution in [-0.2, 0) is 9.47 Å². The first-order chi connectivity index (χ1) is 8.37. The molecule has 0 bridgehead atoms.